The van der Waals surface area contributed by atoms with E-state index < -0.39 is 0 Å². The third-order valence-corrected chi connectivity index (χ3v) is 4.52. The lowest BCUT2D eigenvalue weighted by Gasteiger charge is -2.33. The van der Waals surface area contributed by atoms with Gasteiger partial charge in [-0.3, -0.25) is 0 Å². The highest BCUT2D eigenvalue weighted by Crippen LogP contribution is 2.34. The van der Waals surface area contributed by atoms with Crippen LogP contribution < -0.4 is 5.32 Å². The fraction of sp³-hybridized carbons (Fsp3) is 1.00. The molecule has 2 fully saturated rings. The van der Waals surface area contributed by atoms with Crippen molar-refractivity contribution in [3.05, 3.63) is 0 Å². The van der Waals surface area contributed by atoms with E-state index in [1.165, 1.54) is 70.9 Å². The monoisotopic (exact) mass is 239 g/mol. The third kappa shape index (κ3) is 4.59. The van der Waals surface area contributed by atoms with Crippen molar-refractivity contribution in [1.82, 2.24) is 5.32 Å². The molecule has 0 amide bonds. The van der Waals surface area contributed by atoms with Gasteiger partial charge in [-0.15, -0.1) is 0 Å². The molecule has 2 rings (SSSR count). The van der Waals surface area contributed by atoms with Crippen LogP contribution in [-0.2, 0) is 4.74 Å². The summed E-state index contributed by atoms with van der Waals surface area (Å²) in [5.74, 6) is 0. The van der Waals surface area contributed by atoms with Crippen molar-refractivity contribution in [3.8, 4) is 0 Å². The Balaban J connectivity index is 1.50. The molecule has 0 spiro atoms. The minimum atomic E-state index is 0.571. The number of nitrogens with one attached hydrogen (secondary N) is 1. The SMILES string of the molecule is CC1(CNCCCC2CCCO2)CCCCC1. The molecule has 1 saturated heterocycles. The second-order valence-corrected chi connectivity index (χ2v) is 6.33. The lowest BCUT2D eigenvalue weighted by molar-refractivity contribution is 0.102. The Morgan fingerprint density at radius 1 is 1.18 bits per heavy atom. The van der Waals surface area contributed by atoms with Gasteiger partial charge in [0, 0.05) is 13.2 Å². The Bertz CT molecular complexity index is 205. The quantitative estimate of drug-likeness (QED) is 0.716. The van der Waals surface area contributed by atoms with E-state index in [-0.39, 0.29) is 0 Å². The molecule has 1 aliphatic heterocycles. The first-order chi connectivity index (χ1) is 8.29. The number of ether oxygens (including phenoxy) is 1. The molecular formula is C15H29NO. The van der Waals surface area contributed by atoms with Crippen LogP contribution in [0.2, 0.25) is 0 Å². The maximum Gasteiger partial charge on any atom is 0.0576 e. The minimum absolute atomic E-state index is 0.571. The summed E-state index contributed by atoms with van der Waals surface area (Å²) in [7, 11) is 0. The van der Waals surface area contributed by atoms with Gasteiger partial charge in [-0.2, -0.15) is 0 Å². The summed E-state index contributed by atoms with van der Waals surface area (Å²) >= 11 is 0. The molecule has 0 aromatic carbocycles. The fourth-order valence-corrected chi connectivity index (χ4v) is 3.30. The van der Waals surface area contributed by atoms with Crippen LogP contribution in [0.1, 0.15) is 64.7 Å². The largest absolute Gasteiger partial charge is 0.378 e. The molecule has 17 heavy (non-hydrogen) atoms. The Labute approximate surface area is 107 Å². The molecule has 0 aromatic heterocycles. The molecular weight excluding hydrogens is 210 g/mol. The first kappa shape index (κ1) is 13.4. The normalized spacial score (nSPS) is 28.4. The van der Waals surface area contributed by atoms with E-state index in [0.717, 1.165) is 6.61 Å². The fourth-order valence-electron chi connectivity index (χ4n) is 3.30. The topological polar surface area (TPSA) is 21.3 Å². The van der Waals surface area contributed by atoms with E-state index in [4.69, 9.17) is 4.74 Å². The second-order valence-electron chi connectivity index (χ2n) is 6.33. The zero-order chi connectivity index (χ0) is 12.0. The van der Waals surface area contributed by atoms with Gasteiger partial charge in [0.05, 0.1) is 6.10 Å². The molecule has 1 aliphatic carbocycles. The van der Waals surface area contributed by atoms with Gasteiger partial charge in [0.2, 0.25) is 0 Å². The van der Waals surface area contributed by atoms with Crippen molar-refractivity contribution in [1.29, 1.82) is 0 Å². The van der Waals surface area contributed by atoms with Gasteiger partial charge in [-0.25, -0.2) is 0 Å². The lowest BCUT2D eigenvalue weighted by Crippen LogP contribution is -2.34. The summed E-state index contributed by atoms with van der Waals surface area (Å²) in [6.07, 6.45) is 12.8. The molecule has 1 saturated carbocycles. The van der Waals surface area contributed by atoms with Crippen LogP contribution in [0.25, 0.3) is 0 Å². The van der Waals surface area contributed by atoms with Crippen LogP contribution in [0, 0.1) is 5.41 Å². The van der Waals surface area contributed by atoms with Gasteiger partial charge in [-0.1, -0.05) is 26.2 Å². The second kappa shape index (κ2) is 6.75. The summed E-state index contributed by atoms with van der Waals surface area (Å²) in [4.78, 5) is 0. The average Bonchev–Trinajstić information content (AvgIpc) is 2.82. The summed E-state index contributed by atoms with van der Waals surface area (Å²) in [5.41, 5.74) is 0.585. The third-order valence-electron chi connectivity index (χ3n) is 4.52. The molecule has 0 bridgehead atoms. The molecule has 1 N–H and O–H groups in total. The van der Waals surface area contributed by atoms with Crippen LogP contribution in [0.15, 0.2) is 0 Å². The van der Waals surface area contributed by atoms with E-state index in [9.17, 15) is 0 Å². The Hall–Kier alpha value is -0.0800. The summed E-state index contributed by atoms with van der Waals surface area (Å²) in [6, 6.07) is 0. The summed E-state index contributed by atoms with van der Waals surface area (Å²) in [5, 5.41) is 3.66. The van der Waals surface area contributed by atoms with Gasteiger partial charge in [0.15, 0.2) is 0 Å². The first-order valence-corrected chi connectivity index (χ1v) is 7.61. The summed E-state index contributed by atoms with van der Waals surface area (Å²) < 4.78 is 5.64. The number of rotatable bonds is 6. The standard InChI is InChI=1S/C15H29NO/c1-15(9-3-2-4-10-15)13-16-11-5-7-14-8-6-12-17-14/h14,16H,2-13H2,1H3. The van der Waals surface area contributed by atoms with Gasteiger partial charge in [0.25, 0.3) is 0 Å². The van der Waals surface area contributed by atoms with Crippen LogP contribution in [-0.4, -0.2) is 25.8 Å². The van der Waals surface area contributed by atoms with Crippen molar-refractivity contribution in [3.63, 3.8) is 0 Å². The average molecular weight is 239 g/mol. The van der Waals surface area contributed by atoms with Crippen LogP contribution in [0.3, 0.4) is 0 Å². The molecule has 2 heteroatoms. The molecule has 2 nitrogen and oxygen atoms in total. The van der Waals surface area contributed by atoms with Gasteiger partial charge >= 0.3 is 0 Å². The summed E-state index contributed by atoms with van der Waals surface area (Å²) in [6.45, 7) is 5.85. The van der Waals surface area contributed by atoms with Crippen molar-refractivity contribution in [2.45, 2.75) is 70.8 Å². The minimum Gasteiger partial charge on any atom is -0.378 e. The van der Waals surface area contributed by atoms with E-state index >= 15 is 0 Å². The van der Waals surface area contributed by atoms with E-state index in [2.05, 4.69) is 12.2 Å². The first-order valence-electron chi connectivity index (χ1n) is 7.61. The molecule has 0 aromatic rings. The van der Waals surface area contributed by atoms with Crippen molar-refractivity contribution in [2.24, 2.45) is 5.41 Å². The van der Waals surface area contributed by atoms with Gasteiger partial charge in [-0.05, 0) is 50.5 Å². The van der Waals surface area contributed by atoms with Gasteiger partial charge < -0.3 is 10.1 Å². The van der Waals surface area contributed by atoms with Gasteiger partial charge in [0.1, 0.15) is 0 Å². The maximum absolute atomic E-state index is 5.64. The highest BCUT2D eigenvalue weighted by Gasteiger charge is 2.25. The Morgan fingerprint density at radius 2 is 2.00 bits per heavy atom. The zero-order valence-electron chi connectivity index (χ0n) is 11.5. The van der Waals surface area contributed by atoms with Crippen LogP contribution in [0.5, 0.6) is 0 Å². The maximum atomic E-state index is 5.64. The van der Waals surface area contributed by atoms with E-state index in [1.54, 1.807) is 0 Å². The Morgan fingerprint density at radius 3 is 2.71 bits per heavy atom. The van der Waals surface area contributed by atoms with Crippen LogP contribution in [0.4, 0.5) is 0 Å². The van der Waals surface area contributed by atoms with Crippen molar-refractivity contribution < 1.29 is 4.74 Å². The zero-order valence-corrected chi connectivity index (χ0v) is 11.5. The van der Waals surface area contributed by atoms with Crippen LogP contribution >= 0.6 is 0 Å². The van der Waals surface area contributed by atoms with Crippen molar-refractivity contribution >= 4 is 0 Å². The van der Waals surface area contributed by atoms with E-state index in [1.807, 2.05) is 0 Å². The highest BCUT2D eigenvalue weighted by atomic mass is 16.5. The number of hydrogen-bond donors (Lipinski definition) is 1. The molecule has 100 valence electrons. The number of hydrogen-bond acceptors (Lipinski definition) is 2. The molecule has 2 aliphatic rings. The van der Waals surface area contributed by atoms with E-state index in [0.29, 0.717) is 11.5 Å². The molecule has 0 radical (unpaired) electrons. The molecule has 1 atom stereocenters. The molecule has 1 heterocycles. The smallest absolute Gasteiger partial charge is 0.0576 e. The molecule has 1 unspecified atom stereocenters. The highest BCUT2D eigenvalue weighted by molar-refractivity contribution is 4.80. The lowest BCUT2D eigenvalue weighted by atomic mass is 9.76. The predicted molar refractivity (Wildman–Crippen MR) is 72.3 cm³/mol. The Kier molecular flexibility index (Phi) is 5.30. The predicted octanol–water partition coefficient (Wildman–Crippen LogP) is 3.51. The van der Waals surface area contributed by atoms with Crippen molar-refractivity contribution in [2.75, 3.05) is 19.7 Å².